The number of ketones is 1. The Hall–Kier alpha value is -3.27. The fraction of sp³-hybridized carbons (Fsp3) is 0.208. The number of benzene rings is 3. The fourth-order valence-corrected chi connectivity index (χ4v) is 3.92. The number of aldehydes is 1. The van der Waals surface area contributed by atoms with Crippen molar-refractivity contribution in [2.75, 3.05) is 13.1 Å². The highest BCUT2D eigenvalue weighted by atomic mass is 16.2. The van der Waals surface area contributed by atoms with Crippen LogP contribution >= 0.6 is 0 Å². The van der Waals surface area contributed by atoms with E-state index in [2.05, 4.69) is 0 Å². The molecule has 0 aromatic heterocycles. The molecule has 4 nitrogen and oxygen atoms in total. The predicted octanol–water partition coefficient (Wildman–Crippen LogP) is 4.39. The maximum atomic E-state index is 13.2. The summed E-state index contributed by atoms with van der Waals surface area (Å²) in [5.41, 5.74) is 1.82. The number of likely N-dealkylation sites (tertiary alicyclic amines) is 1. The third kappa shape index (κ3) is 3.46. The molecule has 1 fully saturated rings. The molecule has 4 rings (SSSR count). The lowest BCUT2D eigenvalue weighted by atomic mass is 9.87. The second-order valence-electron chi connectivity index (χ2n) is 7.22. The summed E-state index contributed by atoms with van der Waals surface area (Å²) in [4.78, 5) is 38.6. The number of hydrogen-bond acceptors (Lipinski definition) is 3. The zero-order chi connectivity index (χ0) is 19.5. The van der Waals surface area contributed by atoms with Crippen LogP contribution < -0.4 is 0 Å². The number of fused-ring (bicyclic) bond motifs is 1. The van der Waals surface area contributed by atoms with Gasteiger partial charge < -0.3 is 4.90 Å². The van der Waals surface area contributed by atoms with Crippen LogP contribution in [-0.4, -0.2) is 36.0 Å². The fourth-order valence-electron chi connectivity index (χ4n) is 3.92. The maximum absolute atomic E-state index is 13.2. The quantitative estimate of drug-likeness (QED) is 0.505. The minimum absolute atomic E-state index is 0.0899. The van der Waals surface area contributed by atoms with Crippen molar-refractivity contribution in [2.45, 2.75) is 12.8 Å². The molecule has 3 aromatic carbocycles. The molecule has 1 saturated heterocycles. The van der Waals surface area contributed by atoms with E-state index < -0.39 is 0 Å². The Kier molecular flexibility index (Phi) is 5.02. The number of piperidine rings is 1. The molecule has 140 valence electrons. The van der Waals surface area contributed by atoms with Crippen molar-refractivity contribution in [1.29, 1.82) is 0 Å². The zero-order valence-corrected chi connectivity index (χ0v) is 15.5. The van der Waals surface area contributed by atoms with Gasteiger partial charge in [-0.2, -0.15) is 0 Å². The minimum atomic E-state index is -0.197. The van der Waals surface area contributed by atoms with Gasteiger partial charge in [-0.1, -0.05) is 54.6 Å². The molecule has 1 heterocycles. The molecule has 1 aliphatic heterocycles. The Morgan fingerprint density at radius 2 is 1.68 bits per heavy atom. The molecule has 1 amide bonds. The topological polar surface area (TPSA) is 54.5 Å². The molecule has 0 spiro atoms. The third-order valence-electron chi connectivity index (χ3n) is 5.43. The normalized spacial score (nSPS) is 16.7. The highest BCUT2D eigenvalue weighted by Crippen LogP contribution is 2.26. The molecule has 0 bridgehead atoms. The summed E-state index contributed by atoms with van der Waals surface area (Å²) in [7, 11) is 0. The van der Waals surface area contributed by atoms with E-state index >= 15 is 0 Å². The summed E-state index contributed by atoms with van der Waals surface area (Å²) in [5.74, 6) is -0.184. The Balaban J connectivity index is 1.55. The smallest absolute Gasteiger partial charge is 0.253 e. The average molecular weight is 371 g/mol. The van der Waals surface area contributed by atoms with Gasteiger partial charge in [-0.3, -0.25) is 14.4 Å². The van der Waals surface area contributed by atoms with Crippen molar-refractivity contribution in [3.63, 3.8) is 0 Å². The van der Waals surface area contributed by atoms with Gasteiger partial charge in [0.15, 0.2) is 5.78 Å². The van der Waals surface area contributed by atoms with E-state index in [0.29, 0.717) is 24.2 Å². The molecule has 4 heteroatoms. The second kappa shape index (κ2) is 7.77. The lowest BCUT2D eigenvalue weighted by Crippen LogP contribution is -2.42. The van der Waals surface area contributed by atoms with Crippen molar-refractivity contribution < 1.29 is 14.4 Å². The Bertz CT molecular complexity index is 1030. The SMILES string of the molecule is O=Cc1ccc(C(=O)N2CCC[C@H](C(=O)c3cccc4ccccc34)C2)cc1. The molecule has 3 aromatic rings. The van der Waals surface area contributed by atoms with Crippen molar-refractivity contribution >= 4 is 28.7 Å². The van der Waals surface area contributed by atoms with E-state index in [9.17, 15) is 14.4 Å². The van der Waals surface area contributed by atoms with Gasteiger partial charge in [-0.05, 0) is 35.7 Å². The third-order valence-corrected chi connectivity index (χ3v) is 5.43. The van der Waals surface area contributed by atoms with Crippen LogP contribution in [-0.2, 0) is 0 Å². The monoisotopic (exact) mass is 371 g/mol. The van der Waals surface area contributed by atoms with Crippen molar-refractivity contribution in [1.82, 2.24) is 4.90 Å². The summed E-state index contributed by atoms with van der Waals surface area (Å²) >= 11 is 0. The molecule has 0 N–H and O–H groups in total. The summed E-state index contributed by atoms with van der Waals surface area (Å²) in [5, 5.41) is 2.01. The number of carbonyl (C=O) groups excluding carboxylic acids is 3. The van der Waals surface area contributed by atoms with Crippen LogP contribution in [0.2, 0.25) is 0 Å². The largest absolute Gasteiger partial charge is 0.338 e. The van der Waals surface area contributed by atoms with Gasteiger partial charge in [-0.15, -0.1) is 0 Å². The molecular weight excluding hydrogens is 350 g/mol. The van der Waals surface area contributed by atoms with Gasteiger partial charge in [0.05, 0.1) is 0 Å². The van der Waals surface area contributed by atoms with E-state index in [-0.39, 0.29) is 17.6 Å². The standard InChI is InChI=1S/C24H21NO3/c26-16-17-10-12-19(13-11-17)24(28)25-14-4-7-20(15-25)23(27)22-9-3-6-18-5-1-2-8-21(18)22/h1-3,5-6,8-13,16,20H,4,7,14-15H2/t20-/m0/s1. The van der Waals surface area contributed by atoms with Crippen LogP contribution in [0, 0.1) is 5.92 Å². The Morgan fingerprint density at radius 3 is 2.46 bits per heavy atom. The van der Waals surface area contributed by atoms with E-state index in [0.717, 1.165) is 35.5 Å². The molecule has 0 saturated carbocycles. The Labute approximate surface area is 163 Å². The number of carbonyl (C=O) groups is 3. The van der Waals surface area contributed by atoms with Crippen molar-refractivity contribution in [2.24, 2.45) is 5.92 Å². The van der Waals surface area contributed by atoms with E-state index in [1.54, 1.807) is 29.2 Å². The van der Waals surface area contributed by atoms with Gasteiger partial charge in [0.25, 0.3) is 5.91 Å². The zero-order valence-electron chi connectivity index (χ0n) is 15.5. The lowest BCUT2D eigenvalue weighted by Gasteiger charge is -2.32. The molecule has 0 aliphatic carbocycles. The van der Waals surface area contributed by atoms with Gasteiger partial charge in [0.1, 0.15) is 6.29 Å². The van der Waals surface area contributed by atoms with Crippen molar-refractivity contribution in [3.8, 4) is 0 Å². The highest BCUT2D eigenvalue weighted by molar-refractivity contribution is 6.09. The van der Waals surface area contributed by atoms with Gasteiger partial charge in [-0.25, -0.2) is 0 Å². The highest BCUT2D eigenvalue weighted by Gasteiger charge is 2.30. The first-order valence-corrected chi connectivity index (χ1v) is 9.54. The summed E-state index contributed by atoms with van der Waals surface area (Å²) in [6.45, 7) is 1.07. The van der Waals surface area contributed by atoms with Crippen molar-refractivity contribution in [3.05, 3.63) is 83.4 Å². The maximum Gasteiger partial charge on any atom is 0.253 e. The number of Topliss-reactive ketones (excluding diaryl/α,β-unsaturated/α-hetero) is 1. The molecule has 0 radical (unpaired) electrons. The van der Waals surface area contributed by atoms with Crippen LogP contribution in [0.3, 0.4) is 0 Å². The summed E-state index contributed by atoms with van der Waals surface area (Å²) < 4.78 is 0. The van der Waals surface area contributed by atoms with E-state index in [4.69, 9.17) is 0 Å². The summed E-state index contributed by atoms with van der Waals surface area (Å²) in [6, 6.07) is 20.3. The number of amides is 1. The van der Waals surface area contributed by atoms with Crippen LogP contribution in [0.15, 0.2) is 66.7 Å². The molecule has 1 aliphatic rings. The van der Waals surface area contributed by atoms with Gasteiger partial charge in [0, 0.05) is 35.7 Å². The molecular formula is C24H21NO3. The number of nitrogens with zero attached hydrogens (tertiary/aromatic N) is 1. The van der Waals surface area contributed by atoms with Gasteiger partial charge in [0.2, 0.25) is 0 Å². The average Bonchev–Trinajstić information content (AvgIpc) is 2.78. The summed E-state index contributed by atoms with van der Waals surface area (Å²) in [6.07, 6.45) is 2.35. The molecule has 1 atom stereocenters. The first-order valence-electron chi connectivity index (χ1n) is 9.54. The minimum Gasteiger partial charge on any atom is -0.338 e. The molecule has 0 unspecified atom stereocenters. The Morgan fingerprint density at radius 1 is 0.929 bits per heavy atom. The van der Waals surface area contributed by atoms with E-state index in [1.807, 2.05) is 42.5 Å². The first kappa shape index (κ1) is 18.1. The first-order chi connectivity index (χ1) is 13.7. The van der Waals surface area contributed by atoms with Crippen LogP contribution in [0.4, 0.5) is 0 Å². The number of rotatable bonds is 4. The van der Waals surface area contributed by atoms with Gasteiger partial charge >= 0.3 is 0 Å². The molecule has 28 heavy (non-hydrogen) atoms. The second-order valence-corrected chi connectivity index (χ2v) is 7.22. The lowest BCUT2D eigenvalue weighted by molar-refractivity contribution is 0.0637. The number of hydrogen-bond donors (Lipinski definition) is 0. The van der Waals surface area contributed by atoms with Crippen LogP contribution in [0.25, 0.3) is 10.8 Å². The van der Waals surface area contributed by atoms with E-state index in [1.165, 1.54) is 0 Å². The van der Waals surface area contributed by atoms with Crippen LogP contribution in [0.5, 0.6) is 0 Å². The predicted molar refractivity (Wildman–Crippen MR) is 109 cm³/mol. The van der Waals surface area contributed by atoms with Crippen LogP contribution in [0.1, 0.15) is 43.9 Å².